The number of hydrogen-bond donors (Lipinski definition) is 1. The lowest BCUT2D eigenvalue weighted by atomic mass is 10.3. The van der Waals surface area contributed by atoms with Crippen LogP contribution in [0.1, 0.15) is 0 Å². The van der Waals surface area contributed by atoms with Crippen LogP contribution < -0.4 is 15.1 Å². The van der Waals surface area contributed by atoms with Crippen LogP contribution in [0.4, 0.5) is 28.3 Å². The predicted octanol–water partition coefficient (Wildman–Crippen LogP) is 2.31. The number of nitrogens with zero attached hydrogens (tertiary/aromatic N) is 7. The van der Waals surface area contributed by atoms with Crippen LogP contribution in [0.2, 0.25) is 0 Å². The molecular formula is C16H16N8O2S. The van der Waals surface area contributed by atoms with E-state index in [9.17, 15) is 10.1 Å². The molecule has 0 unspecified atom stereocenters. The van der Waals surface area contributed by atoms with Crippen molar-refractivity contribution in [2.24, 2.45) is 0 Å². The van der Waals surface area contributed by atoms with E-state index in [1.807, 2.05) is 23.1 Å². The average molecular weight is 384 g/mol. The zero-order valence-corrected chi connectivity index (χ0v) is 15.0. The van der Waals surface area contributed by atoms with Gasteiger partial charge in [0, 0.05) is 44.0 Å². The fourth-order valence-corrected chi connectivity index (χ4v) is 3.46. The Kier molecular flexibility index (Phi) is 4.75. The zero-order valence-electron chi connectivity index (χ0n) is 14.2. The first-order valence-electron chi connectivity index (χ1n) is 8.29. The molecule has 1 saturated heterocycles. The molecule has 0 amide bonds. The van der Waals surface area contributed by atoms with Crippen molar-refractivity contribution in [3.63, 3.8) is 0 Å². The highest BCUT2D eigenvalue weighted by molar-refractivity contribution is 7.13. The van der Waals surface area contributed by atoms with Crippen LogP contribution in [-0.4, -0.2) is 51.0 Å². The minimum atomic E-state index is -0.448. The van der Waals surface area contributed by atoms with Crippen molar-refractivity contribution in [2.45, 2.75) is 0 Å². The van der Waals surface area contributed by atoms with Crippen LogP contribution in [-0.2, 0) is 0 Å². The summed E-state index contributed by atoms with van der Waals surface area (Å²) in [6.07, 6.45) is 4.72. The summed E-state index contributed by atoms with van der Waals surface area (Å²) in [6, 6.07) is 5.78. The number of pyridine rings is 1. The van der Waals surface area contributed by atoms with Gasteiger partial charge in [-0.3, -0.25) is 10.1 Å². The summed E-state index contributed by atoms with van der Waals surface area (Å²) in [5, 5.41) is 17.0. The number of rotatable bonds is 5. The van der Waals surface area contributed by atoms with Gasteiger partial charge in [-0.15, -0.1) is 11.3 Å². The van der Waals surface area contributed by atoms with E-state index in [4.69, 9.17) is 0 Å². The zero-order chi connectivity index (χ0) is 18.6. The van der Waals surface area contributed by atoms with Gasteiger partial charge in [0.1, 0.15) is 12.1 Å². The Bertz CT molecular complexity index is 913. The van der Waals surface area contributed by atoms with E-state index in [-0.39, 0.29) is 11.5 Å². The van der Waals surface area contributed by atoms with E-state index < -0.39 is 4.92 Å². The van der Waals surface area contributed by atoms with Gasteiger partial charge in [-0.2, -0.15) is 0 Å². The van der Waals surface area contributed by atoms with Gasteiger partial charge in [-0.25, -0.2) is 19.9 Å². The monoisotopic (exact) mass is 384 g/mol. The normalized spacial score (nSPS) is 14.2. The number of aromatic nitrogens is 4. The third-order valence-corrected chi connectivity index (χ3v) is 4.88. The molecule has 4 rings (SSSR count). The summed E-state index contributed by atoms with van der Waals surface area (Å²) >= 11 is 1.35. The molecule has 4 heterocycles. The highest BCUT2D eigenvalue weighted by Crippen LogP contribution is 2.34. The first kappa shape index (κ1) is 17.1. The third kappa shape index (κ3) is 3.62. The summed E-state index contributed by atoms with van der Waals surface area (Å²) in [5.41, 5.74) is -0.140. The molecule has 3 aromatic rings. The van der Waals surface area contributed by atoms with E-state index in [0.717, 1.165) is 5.82 Å². The Labute approximate surface area is 158 Å². The van der Waals surface area contributed by atoms with Crippen molar-refractivity contribution in [1.29, 1.82) is 0 Å². The molecule has 0 radical (unpaired) electrons. The van der Waals surface area contributed by atoms with Gasteiger partial charge >= 0.3 is 5.69 Å². The molecule has 0 saturated carbocycles. The number of piperazine rings is 1. The summed E-state index contributed by atoms with van der Waals surface area (Å²) < 4.78 is 0. The van der Waals surface area contributed by atoms with Crippen molar-refractivity contribution in [3.8, 4) is 0 Å². The molecule has 1 fully saturated rings. The Morgan fingerprint density at radius 1 is 1.04 bits per heavy atom. The van der Waals surface area contributed by atoms with Crippen molar-refractivity contribution in [3.05, 3.63) is 52.4 Å². The minimum absolute atomic E-state index is 0.140. The SMILES string of the molecule is O=[N+]([O-])c1c(Nc2nccs2)ncnc1N1CCN(c2ccccn2)CC1. The van der Waals surface area contributed by atoms with E-state index in [1.165, 1.54) is 17.7 Å². The minimum Gasteiger partial charge on any atom is -0.353 e. The molecule has 0 bridgehead atoms. The number of thiazole rings is 1. The number of nitrogens with one attached hydrogen (secondary N) is 1. The Hall–Kier alpha value is -3.34. The van der Waals surface area contributed by atoms with Crippen LogP contribution in [0.5, 0.6) is 0 Å². The second kappa shape index (κ2) is 7.50. The van der Waals surface area contributed by atoms with E-state index in [1.54, 1.807) is 17.8 Å². The third-order valence-electron chi connectivity index (χ3n) is 4.20. The number of anilines is 4. The Balaban J connectivity index is 1.56. The second-order valence-electron chi connectivity index (χ2n) is 5.78. The molecule has 1 aliphatic rings. The number of nitro groups is 1. The molecule has 0 aliphatic carbocycles. The lowest BCUT2D eigenvalue weighted by Crippen LogP contribution is -2.47. The molecule has 0 atom stereocenters. The summed E-state index contributed by atoms with van der Waals surface area (Å²) in [5.74, 6) is 1.36. The standard InChI is InChI=1S/C16H16N8O2S/c25-24(26)13-14(21-16-18-5-10-27-16)19-11-20-15(13)23-8-6-22(7-9-23)12-3-1-2-4-17-12/h1-5,10-11H,6-9H2,(H,18,19,20,21). The summed E-state index contributed by atoms with van der Waals surface area (Å²) in [7, 11) is 0. The van der Waals surface area contributed by atoms with Crippen LogP contribution in [0.15, 0.2) is 42.3 Å². The topological polar surface area (TPSA) is 113 Å². The van der Waals surface area contributed by atoms with Crippen molar-refractivity contribution >= 4 is 39.6 Å². The molecule has 27 heavy (non-hydrogen) atoms. The molecule has 1 aliphatic heterocycles. The molecule has 0 spiro atoms. The lowest BCUT2D eigenvalue weighted by molar-refractivity contribution is -0.383. The van der Waals surface area contributed by atoms with Crippen LogP contribution in [0.25, 0.3) is 0 Å². The maximum Gasteiger partial charge on any atom is 0.353 e. The largest absolute Gasteiger partial charge is 0.353 e. The molecular weight excluding hydrogens is 368 g/mol. The van der Waals surface area contributed by atoms with Gasteiger partial charge in [-0.1, -0.05) is 6.07 Å². The summed E-state index contributed by atoms with van der Waals surface area (Å²) in [6.45, 7) is 2.61. The fraction of sp³-hybridized carbons (Fsp3) is 0.250. The highest BCUT2D eigenvalue weighted by atomic mass is 32.1. The second-order valence-corrected chi connectivity index (χ2v) is 6.67. The van der Waals surface area contributed by atoms with Crippen LogP contribution in [0, 0.1) is 10.1 Å². The first-order chi connectivity index (χ1) is 13.2. The van der Waals surface area contributed by atoms with Gasteiger partial charge in [-0.05, 0) is 12.1 Å². The first-order valence-corrected chi connectivity index (χ1v) is 9.17. The van der Waals surface area contributed by atoms with Crippen molar-refractivity contribution < 1.29 is 4.92 Å². The van der Waals surface area contributed by atoms with Gasteiger partial charge < -0.3 is 15.1 Å². The van der Waals surface area contributed by atoms with Gasteiger partial charge in [0.05, 0.1) is 4.92 Å². The smallest absolute Gasteiger partial charge is 0.353 e. The molecule has 3 aromatic heterocycles. The van der Waals surface area contributed by atoms with E-state index >= 15 is 0 Å². The fourth-order valence-electron chi connectivity index (χ4n) is 2.94. The number of hydrogen-bond acceptors (Lipinski definition) is 10. The Morgan fingerprint density at radius 2 is 1.85 bits per heavy atom. The van der Waals surface area contributed by atoms with Gasteiger partial charge in [0.25, 0.3) is 0 Å². The summed E-state index contributed by atoms with van der Waals surface area (Å²) in [4.78, 5) is 32.0. The lowest BCUT2D eigenvalue weighted by Gasteiger charge is -2.35. The van der Waals surface area contributed by atoms with Crippen molar-refractivity contribution in [2.75, 3.05) is 41.3 Å². The quantitative estimate of drug-likeness (QED) is 0.523. The predicted molar refractivity (Wildman–Crippen MR) is 103 cm³/mol. The molecule has 11 heteroatoms. The van der Waals surface area contributed by atoms with Crippen LogP contribution >= 0.6 is 11.3 Å². The Morgan fingerprint density at radius 3 is 2.52 bits per heavy atom. The maximum atomic E-state index is 11.7. The average Bonchev–Trinajstić information content (AvgIpc) is 3.21. The molecule has 0 aromatic carbocycles. The van der Waals surface area contributed by atoms with Crippen LogP contribution in [0.3, 0.4) is 0 Å². The van der Waals surface area contributed by atoms with E-state index in [2.05, 4.69) is 30.2 Å². The van der Waals surface area contributed by atoms with Gasteiger partial charge in [0.2, 0.25) is 11.6 Å². The maximum absolute atomic E-state index is 11.7. The highest BCUT2D eigenvalue weighted by Gasteiger charge is 2.29. The molecule has 1 N–H and O–H groups in total. The van der Waals surface area contributed by atoms with Crippen molar-refractivity contribution in [1.82, 2.24) is 19.9 Å². The molecule has 138 valence electrons. The van der Waals surface area contributed by atoms with E-state index in [0.29, 0.717) is 37.1 Å². The molecule has 10 nitrogen and oxygen atoms in total. The van der Waals surface area contributed by atoms with Gasteiger partial charge in [0.15, 0.2) is 5.13 Å².